The molecule has 6 heteroatoms. The van der Waals surface area contributed by atoms with Crippen LogP contribution in [0.2, 0.25) is 0 Å². The summed E-state index contributed by atoms with van der Waals surface area (Å²) < 4.78 is 0. The first-order valence-electron chi connectivity index (χ1n) is 2.82. The third kappa shape index (κ3) is 0.873. The molecule has 10 heavy (non-hydrogen) atoms. The van der Waals surface area contributed by atoms with E-state index in [-0.39, 0.29) is 6.17 Å². The number of hydrazine groups is 1. The highest BCUT2D eigenvalue weighted by Gasteiger charge is 2.28. The maximum atomic E-state index is 10.2. The lowest BCUT2D eigenvalue weighted by Crippen LogP contribution is -2.38. The Morgan fingerprint density at radius 2 is 2.40 bits per heavy atom. The number of hydrogen-bond acceptors (Lipinski definition) is 4. The van der Waals surface area contributed by atoms with Gasteiger partial charge in [-0.1, -0.05) is 5.01 Å². The van der Waals surface area contributed by atoms with Crippen LogP contribution in [0, 0.1) is 10.1 Å². The zero-order chi connectivity index (χ0) is 7.72. The van der Waals surface area contributed by atoms with Gasteiger partial charge >= 0.3 is 0 Å². The summed E-state index contributed by atoms with van der Waals surface area (Å²) in [4.78, 5) is 10.2. The Bertz CT molecular complexity index is 180. The largest absolute Gasteiger partial charge is 0.270 e. The molecule has 1 aliphatic heterocycles. The second-order valence-corrected chi connectivity index (χ2v) is 2.05. The van der Waals surface area contributed by atoms with E-state index >= 15 is 0 Å². The minimum Gasteiger partial charge on any atom is -0.270 e. The van der Waals surface area contributed by atoms with Crippen molar-refractivity contribution in [1.82, 2.24) is 10.0 Å². The highest BCUT2D eigenvalue weighted by molar-refractivity contribution is 5.54. The Hall–Kier alpha value is -1.33. The van der Waals surface area contributed by atoms with E-state index in [1.54, 1.807) is 14.0 Å². The fourth-order valence-corrected chi connectivity index (χ4v) is 0.677. The lowest BCUT2D eigenvalue weighted by molar-refractivity contribution is -0.637. The van der Waals surface area contributed by atoms with Crippen LogP contribution in [0.3, 0.4) is 0 Å². The lowest BCUT2D eigenvalue weighted by Gasteiger charge is -2.15. The minimum atomic E-state index is -0.488. The molecule has 1 heterocycles. The van der Waals surface area contributed by atoms with Gasteiger partial charge in [-0.3, -0.25) is 5.01 Å². The lowest BCUT2D eigenvalue weighted by atomic mass is 10.6. The predicted octanol–water partition coefficient (Wildman–Crippen LogP) is -0.285. The highest BCUT2D eigenvalue weighted by atomic mass is 16.7. The van der Waals surface area contributed by atoms with Crippen LogP contribution in [-0.2, 0) is 0 Å². The van der Waals surface area contributed by atoms with E-state index in [4.69, 9.17) is 0 Å². The first kappa shape index (κ1) is 6.79. The second kappa shape index (κ2) is 2.13. The first-order valence-corrected chi connectivity index (χ1v) is 2.82. The predicted molar refractivity (Wildman–Crippen MR) is 34.6 cm³/mol. The van der Waals surface area contributed by atoms with Crippen molar-refractivity contribution in [2.45, 2.75) is 13.1 Å². The van der Waals surface area contributed by atoms with E-state index in [1.165, 1.54) is 11.3 Å². The fraction of sp³-hybridized carbons (Fsp3) is 0.750. The zero-order valence-corrected chi connectivity index (χ0v) is 5.76. The van der Waals surface area contributed by atoms with Crippen molar-refractivity contribution in [3.05, 3.63) is 10.1 Å². The van der Waals surface area contributed by atoms with Gasteiger partial charge in [0.2, 0.25) is 0 Å². The molecule has 0 aliphatic carbocycles. The van der Waals surface area contributed by atoms with Gasteiger partial charge < -0.3 is 0 Å². The number of hydrazone groups is 1. The molecule has 0 amide bonds. The molecule has 0 spiro atoms. The molecule has 0 saturated carbocycles. The average molecular weight is 144 g/mol. The van der Waals surface area contributed by atoms with Crippen LogP contribution in [0.1, 0.15) is 6.92 Å². The van der Waals surface area contributed by atoms with E-state index in [0.29, 0.717) is 0 Å². The van der Waals surface area contributed by atoms with Gasteiger partial charge in [0, 0.05) is 7.05 Å². The minimum absolute atomic E-state index is 0.282. The van der Waals surface area contributed by atoms with Gasteiger partial charge in [-0.05, 0) is 6.92 Å². The van der Waals surface area contributed by atoms with Crippen LogP contribution in [-0.4, -0.2) is 34.6 Å². The maximum absolute atomic E-state index is 10.2. The Kier molecular flexibility index (Phi) is 1.44. The topological polar surface area (TPSA) is 62.0 Å². The zero-order valence-electron chi connectivity index (χ0n) is 5.76. The number of nitrogens with zero attached hydrogens (tertiary/aromatic N) is 4. The third-order valence-electron chi connectivity index (χ3n) is 1.46. The van der Waals surface area contributed by atoms with Crippen LogP contribution >= 0.6 is 0 Å². The molecule has 0 bridgehead atoms. The molecular formula is C4H8N4O2. The molecule has 0 aromatic heterocycles. The van der Waals surface area contributed by atoms with Crippen molar-refractivity contribution in [1.29, 1.82) is 0 Å². The van der Waals surface area contributed by atoms with Gasteiger partial charge in [0.25, 0.3) is 0 Å². The Morgan fingerprint density at radius 3 is 2.60 bits per heavy atom. The van der Waals surface area contributed by atoms with Crippen molar-refractivity contribution in [2.75, 3.05) is 7.05 Å². The summed E-state index contributed by atoms with van der Waals surface area (Å²) in [5, 5.41) is 15.9. The number of rotatable bonds is 1. The normalized spacial score (nSPS) is 24.0. The van der Waals surface area contributed by atoms with Crippen LogP contribution in [0.5, 0.6) is 0 Å². The van der Waals surface area contributed by atoms with Gasteiger partial charge in [-0.2, -0.15) is 5.10 Å². The summed E-state index contributed by atoms with van der Waals surface area (Å²) in [6, 6.07) is 0. The van der Waals surface area contributed by atoms with Crippen LogP contribution < -0.4 is 0 Å². The smallest absolute Gasteiger partial charge is 0.179 e. The van der Waals surface area contributed by atoms with Crippen molar-refractivity contribution in [3.63, 3.8) is 0 Å². The van der Waals surface area contributed by atoms with Crippen LogP contribution in [0.25, 0.3) is 0 Å². The van der Waals surface area contributed by atoms with Crippen molar-refractivity contribution < 1.29 is 5.03 Å². The van der Waals surface area contributed by atoms with Crippen LogP contribution in [0.4, 0.5) is 0 Å². The van der Waals surface area contributed by atoms with Gasteiger partial charge in [-0.25, -0.2) is 10.1 Å². The molecule has 0 saturated heterocycles. The second-order valence-electron chi connectivity index (χ2n) is 2.05. The van der Waals surface area contributed by atoms with Gasteiger partial charge in [-0.15, -0.1) is 0 Å². The molecule has 1 atom stereocenters. The molecule has 1 rings (SSSR count). The SMILES string of the molecule is CC1N(C)N=CN1[N+](=O)[O-]. The van der Waals surface area contributed by atoms with E-state index in [9.17, 15) is 10.1 Å². The summed E-state index contributed by atoms with van der Waals surface area (Å²) in [7, 11) is 1.69. The molecule has 56 valence electrons. The van der Waals surface area contributed by atoms with Gasteiger partial charge in [0.05, 0.1) is 0 Å². The summed E-state index contributed by atoms with van der Waals surface area (Å²) in [6.45, 7) is 1.70. The monoisotopic (exact) mass is 144 g/mol. The fourth-order valence-electron chi connectivity index (χ4n) is 0.677. The van der Waals surface area contributed by atoms with Crippen molar-refractivity contribution >= 4 is 6.34 Å². The van der Waals surface area contributed by atoms with Crippen LogP contribution in [0.15, 0.2) is 5.10 Å². The Balaban J connectivity index is 2.66. The molecule has 0 radical (unpaired) electrons. The van der Waals surface area contributed by atoms with Gasteiger partial charge in [0.1, 0.15) is 0 Å². The molecule has 0 aromatic carbocycles. The molecule has 0 N–H and O–H groups in total. The summed E-state index contributed by atoms with van der Waals surface area (Å²) in [5.41, 5.74) is 0. The van der Waals surface area contributed by atoms with Crippen molar-refractivity contribution in [2.24, 2.45) is 5.10 Å². The van der Waals surface area contributed by atoms with E-state index in [1.807, 2.05) is 0 Å². The van der Waals surface area contributed by atoms with Gasteiger partial charge in [0.15, 0.2) is 17.5 Å². The number of nitro groups is 1. The maximum Gasteiger partial charge on any atom is 0.179 e. The molecule has 0 fully saturated rings. The summed E-state index contributed by atoms with van der Waals surface area (Å²) >= 11 is 0. The summed E-state index contributed by atoms with van der Waals surface area (Å²) in [5.74, 6) is 0. The summed E-state index contributed by atoms with van der Waals surface area (Å²) in [6.07, 6.45) is 0.917. The highest BCUT2D eigenvalue weighted by Crippen LogP contribution is 2.07. The first-order chi connectivity index (χ1) is 4.63. The van der Waals surface area contributed by atoms with E-state index < -0.39 is 5.03 Å². The molecule has 6 nitrogen and oxygen atoms in total. The molecular weight excluding hydrogens is 136 g/mol. The Labute approximate surface area is 57.8 Å². The number of hydrogen-bond donors (Lipinski definition) is 0. The molecule has 0 aromatic rings. The average Bonchev–Trinajstić information content (AvgIpc) is 2.14. The quantitative estimate of drug-likeness (QED) is 0.375. The molecule has 1 aliphatic rings. The Morgan fingerprint density at radius 1 is 1.80 bits per heavy atom. The van der Waals surface area contributed by atoms with E-state index in [2.05, 4.69) is 5.10 Å². The third-order valence-corrected chi connectivity index (χ3v) is 1.46. The molecule has 1 unspecified atom stereocenters. The standard InChI is InChI=1S/C4H8N4O2/c1-4-6(2)5-3-7(4)8(9)10/h3-4H,1-2H3. The van der Waals surface area contributed by atoms with Crippen molar-refractivity contribution in [3.8, 4) is 0 Å². The van der Waals surface area contributed by atoms with E-state index in [0.717, 1.165) is 5.01 Å².